The molecule has 0 heterocycles. The lowest BCUT2D eigenvalue weighted by Crippen LogP contribution is -2.22. The van der Waals surface area contributed by atoms with E-state index >= 15 is 0 Å². The molecule has 1 aliphatic carbocycles. The fraction of sp³-hybridized carbons (Fsp3) is 0.381. The van der Waals surface area contributed by atoms with Crippen molar-refractivity contribution < 1.29 is 4.79 Å². The predicted molar refractivity (Wildman–Crippen MR) is 91.0 cm³/mol. The minimum atomic E-state index is 0.00291. The lowest BCUT2D eigenvalue weighted by atomic mass is 9.80. The lowest BCUT2D eigenvalue weighted by molar-refractivity contribution is 0.0948. The van der Waals surface area contributed by atoms with Crippen LogP contribution in [-0.4, -0.2) is 5.78 Å². The van der Waals surface area contributed by atoms with E-state index in [1.165, 1.54) is 5.56 Å². The topological polar surface area (TPSA) is 17.1 Å². The molecule has 2 aromatic rings. The van der Waals surface area contributed by atoms with E-state index in [9.17, 15) is 4.79 Å². The van der Waals surface area contributed by atoms with Crippen molar-refractivity contribution in [2.24, 2.45) is 17.8 Å². The fourth-order valence-electron chi connectivity index (χ4n) is 4.48. The SMILES string of the molecule is CC[C@H]1[C@@H](C(=O)c2ccccc2)C1(c1ccccc1)C(C)C. The van der Waals surface area contributed by atoms with Crippen LogP contribution in [0.3, 0.4) is 0 Å². The van der Waals surface area contributed by atoms with Crippen LogP contribution >= 0.6 is 0 Å². The van der Waals surface area contributed by atoms with E-state index in [1.54, 1.807) is 0 Å². The number of carbonyl (C=O) groups is 1. The summed E-state index contributed by atoms with van der Waals surface area (Å²) in [5.41, 5.74) is 2.18. The number of ketones is 1. The average molecular weight is 292 g/mol. The summed E-state index contributed by atoms with van der Waals surface area (Å²) in [6.07, 6.45) is 1.05. The van der Waals surface area contributed by atoms with Crippen molar-refractivity contribution in [1.29, 1.82) is 0 Å². The molecule has 0 saturated heterocycles. The first-order valence-electron chi connectivity index (χ1n) is 8.28. The normalized spacial score (nSPS) is 26.9. The molecule has 0 spiro atoms. The molecule has 1 saturated carbocycles. The third-order valence-electron chi connectivity index (χ3n) is 5.43. The van der Waals surface area contributed by atoms with Gasteiger partial charge in [-0.15, -0.1) is 0 Å². The Morgan fingerprint density at radius 2 is 1.55 bits per heavy atom. The van der Waals surface area contributed by atoms with Gasteiger partial charge in [-0.05, 0) is 17.4 Å². The van der Waals surface area contributed by atoms with Gasteiger partial charge in [-0.3, -0.25) is 4.79 Å². The van der Waals surface area contributed by atoms with Gasteiger partial charge >= 0.3 is 0 Å². The molecule has 0 aliphatic heterocycles. The predicted octanol–water partition coefficient (Wildman–Crippen LogP) is 5.12. The monoisotopic (exact) mass is 292 g/mol. The van der Waals surface area contributed by atoms with E-state index < -0.39 is 0 Å². The maximum Gasteiger partial charge on any atom is 0.167 e. The van der Waals surface area contributed by atoms with Gasteiger partial charge in [-0.25, -0.2) is 0 Å². The summed E-state index contributed by atoms with van der Waals surface area (Å²) >= 11 is 0. The number of benzene rings is 2. The highest BCUT2D eigenvalue weighted by atomic mass is 16.1. The molecule has 1 aliphatic rings. The number of rotatable bonds is 5. The molecule has 114 valence electrons. The molecule has 0 amide bonds. The standard InChI is InChI=1S/C21H24O/c1-4-18-19(20(22)16-11-7-5-8-12-16)21(18,15(2)3)17-13-9-6-10-14-17/h5-15,18-19H,4H2,1-3H3/t18-,19-,21?/m0/s1. The van der Waals surface area contributed by atoms with Gasteiger partial charge in [-0.2, -0.15) is 0 Å². The largest absolute Gasteiger partial charge is 0.294 e. The Bertz CT molecular complexity index is 644. The summed E-state index contributed by atoms with van der Waals surface area (Å²) in [5, 5.41) is 0. The highest BCUT2D eigenvalue weighted by Gasteiger charge is 2.68. The number of Topliss-reactive ketones (excluding diaryl/α,β-unsaturated/α-hetero) is 1. The van der Waals surface area contributed by atoms with E-state index in [0.717, 1.165) is 12.0 Å². The first kappa shape index (κ1) is 15.0. The zero-order valence-corrected chi connectivity index (χ0v) is 13.6. The van der Waals surface area contributed by atoms with Crippen LogP contribution in [0.2, 0.25) is 0 Å². The summed E-state index contributed by atoms with van der Waals surface area (Å²) in [7, 11) is 0. The molecule has 3 atom stereocenters. The molecule has 2 aromatic carbocycles. The van der Waals surface area contributed by atoms with Crippen LogP contribution in [0.25, 0.3) is 0 Å². The quantitative estimate of drug-likeness (QED) is 0.699. The number of hydrogen-bond acceptors (Lipinski definition) is 1. The smallest absolute Gasteiger partial charge is 0.167 e. The average Bonchev–Trinajstić information content (AvgIpc) is 3.26. The van der Waals surface area contributed by atoms with Gasteiger partial charge in [0.05, 0.1) is 0 Å². The van der Waals surface area contributed by atoms with Crippen LogP contribution in [0.15, 0.2) is 60.7 Å². The van der Waals surface area contributed by atoms with Crippen molar-refractivity contribution in [1.82, 2.24) is 0 Å². The minimum absolute atomic E-state index is 0.00291. The minimum Gasteiger partial charge on any atom is -0.294 e. The summed E-state index contributed by atoms with van der Waals surface area (Å²) in [5.74, 6) is 1.33. The highest BCUT2D eigenvalue weighted by Crippen LogP contribution is 2.66. The van der Waals surface area contributed by atoms with Crippen molar-refractivity contribution >= 4 is 5.78 Å². The zero-order chi connectivity index (χ0) is 15.7. The molecule has 1 fully saturated rings. The van der Waals surface area contributed by atoms with Gasteiger partial charge in [-0.1, -0.05) is 87.9 Å². The van der Waals surface area contributed by atoms with Crippen LogP contribution in [0.5, 0.6) is 0 Å². The van der Waals surface area contributed by atoms with Gasteiger partial charge in [0.2, 0.25) is 0 Å². The molecule has 1 heteroatoms. The van der Waals surface area contributed by atoms with Crippen molar-refractivity contribution in [3.8, 4) is 0 Å². The second-order valence-electron chi connectivity index (χ2n) is 6.68. The van der Waals surface area contributed by atoms with Crippen molar-refractivity contribution in [2.45, 2.75) is 32.6 Å². The van der Waals surface area contributed by atoms with Gasteiger partial charge in [0.25, 0.3) is 0 Å². The van der Waals surface area contributed by atoms with Gasteiger partial charge in [0.1, 0.15) is 0 Å². The van der Waals surface area contributed by atoms with Crippen LogP contribution < -0.4 is 0 Å². The molecule has 0 aromatic heterocycles. The van der Waals surface area contributed by atoms with Crippen molar-refractivity contribution in [3.63, 3.8) is 0 Å². The van der Waals surface area contributed by atoms with Gasteiger partial charge in [0, 0.05) is 16.9 Å². The second kappa shape index (κ2) is 5.72. The first-order chi connectivity index (χ1) is 10.6. The first-order valence-corrected chi connectivity index (χ1v) is 8.28. The molecule has 3 rings (SSSR count). The third kappa shape index (κ3) is 2.11. The lowest BCUT2D eigenvalue weighted by Gasteiger charge is -2.23. The maximum atomic E-state index is 13.1. The van der Waals surface area contributed by atoms with E-state index in [-0.39, 0.29) is 11.3 Å². The third-order valence-corrected chi connectivity index (χ3v) is 5.43. The molecule has 0 bridgehead atoms. The Morgan fingerprint density at radius 3 is 2.05 bits per heavy atom. The summed E-state index contributed by atoms with van der Waals surface area (Å²) in [6.45, 7) is 6.73. The van der Waals surface area contributed by atoms with Crippen LogP contribution in [-0.2, 0) is 5.41 Å². The highest BCUT2D eigenvalue weighted by molar-refractivity contribution is 6.01. The Hall–Kier alpha value is -1.89. The molecule has 1 unspecified atom stereocenters. The second-order valence-corrected chi connectivity index (χ2v) is 6.68. The summed E-state index contributed by atoms with van der Waals surface area (Å²) < 4.78 is 0. The molecule has 0 N–H and O–H groups in total. The summed E-state index contributed by atoms with van der Waals surface area (Å²) in [6, 6.07) is 20.4. The zero-order valence-electron chi connectivity index (χ0n) is 13.6. The van der Waals surface area contributed by atoms with Crippen LogP contribution in [0.4, 0.5) is 0 Å². The molecule has 22 heavy (non-hydrogen) atoms. The molecular formula is C21H24O. The van der Waals surface area contributed by atoms with Gasteiger partial charge < -0.3 is 0 Å². The molecular weight excluding hydrogens is 268 g/mol. The van der Waals surface area contributed by atoms with Crippen LogP contribution in [0.1, 0.15) is 43.1 Å². The van der Waals surface area contributed by atoms with Crippen molar-refractivity contribution in [2.75, 3.05) is 0 Å². The fourth-order valence-corrected chi connectivity index (χ4v) is 4.48. The summed E-state index contributed by atoms with van der Waals surface area (Å²) in [4.78, 5) is 13.1. The van der Waals surface area contributed by atoms with E-state index in [2.05, 4.69) is 51.1 Å². The van der Waals surface area contributed by atoms with E-state index in [1.807, 2.05) is 30.3 Å². The molecule has 1 nitrogen and oxygen atoms in total. The van der Waals surface area contributed by atoms with Gasteiger partial charge in [0.15, 0.2) is 5.78 Å². The Kier molecular flexibility index (Phi) is 3.90. The van der Waals surface area contributed by atoms with Crippen LogP contribution in [0, 0.1) is 17.8 Å². The molecule has 0 radical (unpaired) electrons. The van der Waals surface area contributed by atoms with E-state index in [4.69, 9.17) is 0 Å². The number of carbonyl (C=O) groups excluding carboxylic acids is 1. The maximum absolute atomic E-state index is 13.1. The van der Waals surface area contributed by atoms with Crippen molar-refractivity contribution in [3.05, 3.63) is 71.8 Å². The Morgan fingerprint density at radius 1 is 1.00 bits per heavy atom. The Balaban J connectivity index is 2.03. The Labute approximate surface area is 133 Å². The number of hydrogen-bond donors (Lipinski definition) is 0. The van der Waals surface area contributed by atoms with E-state index in [0.29, 0.717) is 17.6 Å².